The first-order valence-electron chi connectivity index (χ1n) is 10.5. The monoisotopic (exact) mass is 454 g/mol. The average molecular weight is 455 g/mol. The zero-order chi connectivity index (χ0) is 22.9. The molecule has 0 saturated carbocycles. The number of pyridine rings is 1. The van der Waals surface area contributed by atoms with Gasteiger partial charge in [0.15, 0.2) is 0 Å². The van der Waals surface area contributed by atoms with E-state index in [1.54, 1.807) is 35.5 Å². The Bertz CT molecular complexity index is 1010. The summed E-state index contributed by atoms with van der Waals surface area (Å²) in [5.74, 6) is 0.289. The summed E-state index contributed by atoms with van der Waals surface area (Å²) in [6, 6.07) is 12.3. The summed E-state index contributed by atoms with van der Waals surface area (Å²) in [5.41, 5.74) is 1.36. The van der Waals surface area contributed by atoms with E-state index in [0.717, 1.165) is 12.0 Å². The molecule has 3 aromatic rings. The Morgan fingerprint density at radius 2 is 1.94 bits per heavy atom. The zero-order valence-electron chi connectivity index (χ0n) is 18.1. The normalized spacial score (nSPS) is 11.8. The number of anilines is 1. The lowest BCUT2D eigenvalue weighted by Crippen LogP contribution is -2.42. The number of aldehydes is 1. The van der Waals surface area contributed by atoms with Gasteiger partial charge >= 0.3 is 0 Å². The molecule has 168 valence electrons. The first-order valence-corrected chi connectivity index (χ1v) is 10.8. The van der Waals surface area contributed by atoms with Gasteiger partial charge in [0.2, 0.25) is 0 Å². The highest BCUT2D eigenvalue weighted by Gasteiger charge is 2.28. The van der Waals surface area contributed by atoms with Gasteiger partial charge in [0.1, 0.15) is 24.8 Å². The fourth-order valence-corrected chi connectivity index (χ4v) is 3.70. The summed E-state index contributed by atoms with van der Waals surface area (Å²) in [7, 11) is 0. The third-order valence-corrected chi connectivity index (χ3v) is 5.11. The standard InChI is InChI=1S/C24H27ClN4O3/c1-18(2)29(23(7-13-30)28-11-3-4-12-28)24(31)19-15-20(25)17-22(16-19)32-14-10-27-21-5-8-26-9-6-21/h3-6,8-9,11-13,15-18,23H,7,10,14H2,1-2H3,(H,26,27). The summed E-state index contributed by atoms with van der Waals surface area (Å²) in [5, 5.41) is 3.64. The molecule has 0 bridgehead atoms. The number of carbonyl (C=O) groups is 2. The predicted octanol–water partition coefficient (Wildman–Crippen LogP) is 4.67. The molecule has 0 radical (unpaired) electrons. The third kappa shape index (κ3) is 6.11. The van der Waals surface area contributed by atoms with Gasteiger partial charge in [-0.25, -0.2) is 0 Å². The predicted molar refractivity (Wildman–Crippen MR) is 125 cm³/mol. The van der Waals surface area contributed by atoms with Crippen LogP contribution < -0.4 is 10.1 Å². The van der Waals surface area contributed by atoms with Gasteiger partial charge in [-0.1, -0.05) is 11.6 Å². The van der Waals surface area contributed by atoms with Crippen LogP contribution in [0, 0.1) is 0 Å². The van der Waals surface area contributed by atoms with E-state index in [1.807, 2.05) is 55.1 Å². The molecule has 3 rings (SSSR count). The molecular weight excluding hydrogens is 428 g/mol. The number of hydrogen-bond acceptors (Lipinski definition) is 5. The third-order valence-electron chi connectivity index (χ3n) is 4.89. The minimum atomic E-state index is -0.428. The summed E-state index contributed by atoms with van der Waals surface area (Å²) in [6.45, 7) is 4.81. The van der Waals surface area contributed by atoms with Crippen molar-refractivity contribution in [3.63, 3.8) is 0 Å². The highest BCUT2D eigenvalue weighted by Crippen LogP contribution is 2.27. The van der Waals surface area contributed by atoms with Gasteiger partial charge in [0.05, 0.1) is 0 Å². The van der Waals surface area contributed by atoms with Crippen molar-refractivity contribution in [2.75, 3.05) is 18.5 Å². The number of ether oxygens (including phenoxy) is 1. The molecular formula is C24H27ClN4O3. The fourth-order valence-electron chi connectivity index (χ4n) is 3.48. The number of amides is 1. The average Bonchev–Trinajstić information content (AvgIpc) is 3.31. The van der Waals surface area contributed by atoms with Crippen LogP contribution in [0.1, 0.15) is 36.8 Å². The number of hydrogen-bond donors (Lipinski definition) is 1. The molecule has 32 heavy (non-hydrogen) atoms. The van der Waals surface area contributed by atoms with Gasteiger partial charge < -0.3 is 24.3 Å². The highest BCUT2D eigenvalue weighted by atomic mass is 35.5. The molecule has 1 atom stereocenters. The Morgan fingerprint density at radius 3 is 2.59 bits per heavy atom. The summed E-state index contributed by atoms with van der Waals surface area (Å²) >= 11 is 6.29. The molecule has 1 amide bonds. The largest absolute Gasteiger partial charge is 0.492 e. The molecule has 0 spiro atoms. The lowest BCUT2D eigenvalue weighted by Gasteiger charge is -2.35. The highest BCUT2D eigenvalue weighted by molar-refractivity contribution is 6.31. The van der Waals surface area contributed by atoms with E-state index in [2.05, 4.69) is 10.3 Å². The van der Waals surface area contributed by atoms with Gasteiger partial charge in [-0.2, -0.15) is 0 Å². The van der Waals surface area contributed by atoms with Crippen molar-refractivity contribution in [1.29, 1.82) is 0 Å². The molecule has 0 saturated heterocycles. The second kappa shape index (κ2) is 11.3. The number of nitrogens with one attached hydrogen (secondary N) is 1. The molecule has 8 heteroatoms. The molecule has 1 aromatic carbocycles. The second-order valence-electron chi connectivity index (χ2n) is 7.51. The van der Waals surface area contributed by atoms with Crippen LogP contribution in [0.2, 0.25) is 5.02 Å². The fraction of sp³-hybridized carbons (Fsp3) is 0.292. The molecule has 0 aliphatic heterocycles. The van der Waals surface area contributed by atoms with Gasteiger partial charge in [0, 0.05) is 60.1 Å². The summed E-state index contributed by atoms with van der Waals surface area (Å²) < 4.78 is 7.69. The van der Waals surface area contributed by atoms with Crippen molar-refractivity contribution in [1.82, 2.24) is 14.5 Å². The molecule has 1 N–H and O–H groups in total. The van der Waals surface area contributed by atoms with Gasteiger partial charge in [0.25, 0.3) is 5.91 Å². The van der Waals surface area contributed by atoms with Crippen LogP contribution in [0.25, 0.3) is 0 Å². The molecule has 1 unspecified atom stereocenters. The summed E-state index contributed by atoms with van der Waals surface area (Å²) in [4.78, 5) is 30.5. The van der Waals surface area contributed by atoms with Crippen LogP contribution in [-0.2, 0) is 4.79 Å². The smallest absolute Gasteiger partial charge is 0.255 e. The van der Waals surface area contributed by atoms with E-state index in [0.29, 0.717) is 29.5 Å². The Morgan fingerprint density at radius 1 is 1.22 bits per heavy atom. The molecule has 2 aromatic heterocycles. The van der Waals surface area contributed by atoms with Crippen LogP contribution in [-0.4, -0.2) is 45.8 Å². The molecule has 7 nitrogen and oxygen atoms in total. The van der Waals surface area contributed by atoms with Gasteiger partial charge in [-0.05, 0) is 56.3 Å². The lowest BCUT2D eigenvalue weighted by atomic mass is 10.1. The SMILES string of the molecule is CC(C)N(C(=O)c1cc(Cl)cc(OCCNc2ccncc2)c1)C(CC=O)n1cccc1. The Labute approximate surface area is 193 Å². The van der Waals surface area contributed by atoms with Gasteiger partial charge in [-0.3, -0.25) is 9.78 Å². The van der Waals surface area contributed by atoms with Gasteiger partial charge in [-0.15, -0.1) is 0 Å². The molecule has 0 aliphatic rings. The van der Waals surface area contributed by atoms with Crippen LogP contribution >= 0.6 is 11.6 Å². The van der Waals surface area contributed by atoms with Crippen LogP contribution in [0.4, 0.5) is 5.69 Å². The number of carbonyl (C=O) groups excluding carboxylic acids is 2. The van der Waals surface area contributed by atoms with Crippen molar-refractivity contribution in [2.24, 2.45) is 0 Å². The first kappa shape index (κ1) is 23.3. The minimum absolute atomic E-state index is 0.136. The topological polar surface area (TPSA) is 76.5 Å². The zero-order valence-corrected chi connectivity index (χ0v) is 18.9. The minimum Gasteiger partial charge on any atom is -0.492 e. The number of halogens is 1. The Hall–Kier alpha value is -3.32. The molecule has 2 heterocycles. The molecule has 0 aliphatic carbocycles. The summed E-state index contributed by atoms with van der Waals surface area (Å²) in [6.07, 6.45) is 7.70. The quantitative estimate of drug-likeness (QED) is 0.336. The van der Waals surface area contributed by atoms with Crippen LogP contribution in [0.5, 0.6) is 5.75 Å². The number of aromatic nitrogens is 2. The Kier molecular flexibility index (Phi) is 8.27. The number of nitrogens with zero attached hydrogens (tertiary/aromatic N) is 3. The van der Waals surface area contributed by atoms with Crippen molar-refractivity contribution >= 4 is 29.5 Å². The van der Waals surface area contributed by atoms with E-state index < -0.39 is 6.17 Å². The van der Waals surface area contributed by atoms with Crippen molar-refractivity contribution < 1.29 is 14.3 Å². The molecule has 0 fully saturated rings. The van der Waals surface area contributed by atoms with Crippen molar-refractivity contribution in [2.45, 2.75) is 32.5 Å². The maximum absolute atomic E-state index is 13.5. The number of benzene rings is 1. The van der Waals surface area contributed by atoms with E-state index >= 15 is 0 Å². The Balaban J connectivity index is 1.74. The van der Waals surface area contributed by atoms with E-state index in [9.17, 15) is 9.59 Å². The maximum atomic E-state index is 13.5. The first-order chi connectivity index (χ1) is 15.5. The van der Waals surface area contributed by atoms with E-state index in [4.69, 9.17) is 16.3 Å². The van der Waals surface area contributed by atoms with Crippen molar-refractivity contribution in [3.05, 3.63) is 77.8 Å². The number of rotatable bonds is 11. The lowest BCUT2D eigenvalue weighted by molar-refractivity contribution is -0.109. The maximum Gasteiger partial charge on any atom is 0.255 e. The van der Waals surface area contributed by atoms with E-state index in [1.165, 1.54) is 0 Å². The van der Waals surface area contributed by atoms with E-state index in [-0.39, 0.29) is 18.4 Å². The van der Waals surface area contributed by atoms with Crippen LogP contribution in [0.15, 0.2) is 67.3 Å². The van der Waals surface area contributed by atoms with Crippen molar-refractivity contribution in [3.8, 4) is 5.75 Å². The second-order valence-corrected chi connectivity index (χ2v) is 7.94. The van der Waals surface area contributed by atoms with Crippen LogP contribution in [0.3, 0.4) is 0 Å².